The fourth-order valence-electron chi connectivity index (χ4n) is 1.51. The van der Waals surface area contributed by atoms with Crippen LogP contribution in [-0.4, -0.2) is 17.4 Å². The Kier molecular flexibility index (Phi) is 2.79. The quantitative estimate of drug-likeness (QED) is 0.765. The summed E-state index contributed by atoms with van der Waals surface area (Å²) in [5.41, 5.74) is 1.31. The zero-order chi connectivity index (χ0) is 11.4. The van der Waals surface area contributed by atoms with Gasteiger partial charge in [-0.3, -0.25) is 9.78 Å². The molecule has 0 atom stereocenters. The van der Waals surface area contributed by atoms with Crippen LogP contribution in [0.1, 0.15) is 10.4 Å². The van der Waals surface area contributed by atoms with Gasteiger partial charge in [-0.25, -0.2) is 0 Å². The maximum absolute atomic E-state index is 11.7. The monoisotopic (exact) mass is 211 g/mol. The minimum Gasteiger partial charge on any atom is -0.339 e. The van der Waals surface area contributed by atoms with Crippen LogP contribution in [0.5, 0.6) is 0 Å². The first-order valence-corrected chi connectivity index (χ1v) is 4.82. The number of fused-ring (bicyclic) bond motifs is 1. The zero-order valence-electron chi connectivity index (χ0n) is 8.47. The molecule has 0 bridgehead atoms. The molecule has 0 aliphatic carbocycles. The Labute approximate surface area is 92.5 Å². The molecule has 4 nitrogen and oxygen atoms in total. The Bertz CT molecular complexity index is 566. The number of rotatable bonds is 2. The highest BCUT2D eigenvalue weighted by Crippen LogP contribution is 2.15. The predicted molar refractivity (Wildman–Crippen MR) is 59.7 cm³/mol. The number of benzene rings is 1. The molecular weight excluding hydrogens is 202 g/mol. The van der Waals surface area contributed by atoms with Crippen molar-refractivity contribution in [2.45, 2.75) is 0 Å². The number of hydrogen-bond acceptors (Lipinski definition) is 3. The SMILES string of the molecule is N#CCNC(=O)c1ccnc2ccccc12. The van der Waals surface area contributed by atoms with Gasteiger partial charge in [-0.2, -0.15) is 5.26 Å². The smallest absolute Gasteiger partial charge is 0.252 e. The number of aromatic nitrogens is 1. The summed E-state index contributed by atoms with van der Waals surface area (Å²) in [6.07, 6.45) is 1.59. The van der Waals surface area contributed by atoms with Crippen molar-refractivity contribution in [1.82, 2.24) is 10.3 Å². The van der Waals surface area contributed by atoms with Gasteiger partial charge in [0.05, 0.1) is 17.1 Å². The summed E-state index contributed by atoms with van der Waals surface area (Å²) in [7, 11) is 0. The standard InChI is InChI=1S/C12H9N3O/c13-6-8-15-12(16)10-5-7-14-11-4-2-1-3-9(10)11/h1-5,7H,8H2,(H,15,16). The summed E-state index contributed by atoms with van der Waals surface area (Å²) >= 11 is 0. The molecule has 16 heavy (non-hydrogen) atoms. The molecule has 0 saturated heterocycles. The number of amides is 1. The molecule has 0 radical (unpaired) electrons. The lowest BCUT2D eigenvalue weighted by atomic mass is 10.1. The summed E-state index contributed by atoms with van der Waals surface area (Å²) in [6, 6.07) is 10.9. The van der Waals surface area contributed by atoms with E-state index in [1.54, 1.807) is 12.3 Å². The average molecular weight is 211 g/mol. The zero-order valence-corrected chi connectivity index (χ0v) is 8.47. The van der Waals surface area contributed by atoms with Crippen molar-refractivity contribution in [2.24, 2.45) is 0 Å². The highest BCUT2D eigenvalue weighted by Gasteiger charge is 2.08. The number of nitrogens with zero attached hydrogens (tertiary/aromatic N) is 2. The van der Waals surface area contributed by atoms with Crippen LogP contribution in [0.3, 0.4) is 0 Å². The van der Waals surface area contributed by atoms with E-state index >= 15 is 0 Å². The van der Waals surface area contributed by atoms with Gasteiger partial charge in [-0.15, -0.1) is 0 Å². The van der Waals surface area contributed by atoms with Crippen LogP contribution < -0.4 is 5.32 Å². The van der Waals surface area contributed by atoms with Crippen LogP contribution >= 0.6 is 0 Å². The average Bonchev–Trinajstić information content (AvgIpc) is 2.35. The maximum atomic E-state index is 11.7. The Hall–Kier alpha value is -2.41. The van der Waals surface area contributed by atoms with Crippen LogP contribution in [0.4, 0.5) is 0 Å². The fraction of sp³-hybridized carbons (Fsp3) is 0.0833. The van der Waals surface area contributed by atoms with E-state index in [4.69, 9.17) is 5.26 Å². The largest absolute Gasteiger partial charge is 0.339 e. The Morgan fingerprint density at radius 3 is 3.00 bits per heavy atom. The molecule has 4 heteroatoms. The van der Waals surface area contributed by atoms with Gasteiger partial charge < -0.3 is 5.32 Å². The molecule has 2 aromatic rings. The van der Waals surface area contributed by atoms with Crippen molar-refractivity contribution < 1.29 is 4.79 Å². The first-order valence-electron chi connectivity index (χ1n) is 4.82. The van der Waals surface area contributed by atoms with E-state index in [0.29, 0.717) is 5.56 Å². The maximum Gasteiger partial charge on any atom is 0.252 e. The van der Waals surface area contributed by atoms with E-state index in [1.165, 1.54) is 0 Å². The van der Waals surface area contributed by atoms with E-state index in [9.17, 15) is 4.79 Å². The fourth-order valence-corrected chi connectivity index (χ4v) is 1.51. The Morgan fingerprint density at radius 1 is 1.38 bits per heavy atom. The van der Waals surface area contributed by atoms with Crippen molar-refractivity contribution in [3.63, 3.8) is 0 Å². The lowest BCUT2D eigenvalue weighted by molar-refractivity contribution is 0.0960. The van der Waals surface area contributed by atoms with E-state index in [1.807, 2.05) is 30.3 Å². The second-order valence-electron chi connectivity index (χ2n) is 3.22. The molecule has 1 amide bonds. The number of nitriles is 1. The summed E-state index contributed by atoms with van der Waals surface area (Å²) in [5.74, 6) is -0.250. The molecule has 1 aromatic heterocycles. The molecule has 1 aromatic carbocycles. The highest BCUT2D eigenvalue weighted by atomic mass is 16.1. The molecule has 0 saturated carbocycles. The molecule has 1 N–H and O–H groups in total. The van der Waals surface area contributed by atoms with Crippen molar-refractivity contribution in [2.75, 3.05) is 6.54 Å². The van der Waals surface area contributed by atoms with Crippen molar-refractivity contribution >= 4 is 16.8 Å². The van der Waals surface area contributed by atoms with Crippen molar-refractivity contribution in [3.8, 4) is 6.07 Å². The van der Waals surface area contributed by atoms with Gasteiger partial charge in [0.25, 0.3) is 5.91 Å². The molecule has 0 aliphatic rings. The lowest BCUT2D eigenvalue weighted by Crippen LogP contribution is -2.23. The highest BCUT2D eigenvalue weighted by molar-refractivity contribution is 6.05. The van der Waals surface area contributed by atoms with Gasteiger partial charge in [0.1, 0.15) is 6.54 Å². The predicted octanol–water partition coefficient (Wildman–Crippen LogP) is 1.49. The normalized spacial score (nSPS) is 9.69. The number of para-hydroxylation sites is 1. The molecule has 2 rings (SSSR count). The number of carbonyl (C=O) groups is 1. The summed E-state index contributed by atoms with van der Waals surface area (Å²) in [4.78, 5) is 15.9. The third-order valence-corrected chi connectivity index (χ3v) is 2.22. The van der Waals surface area contributed by atoms with Gasteiger partial charge >= 0.3 is 0 Å². The first kappa shape index (κ1) is 10.1. The van der Waals surface area contributed by atoms with Crippen molar-refractivity contribution in [3.05, 3.63) is 42.1 Å². The number of pyridine rings is 1. The Balaban J connectivity index is 2.45. The minimum absolute atomic E-state index is 0.00941. The second kappa shape index (κ2) is 4.41. The van der Waals surface area contributed by atoms with E-state index in [2.05, 4.69) is 10.3 Å². The van der Waals surface area contributed by atoms with Crippen LogP contribution in [0.15, 0.2) is 36.5 Å². The van der Waals surface area contributed by atoms with Crippen LogP contribution in [-0.2, 0) is 0 Å². The van der Waals surface area contributed by atoms with Gasteiger partial charge in [0, 0.05) is 11.6 Å². The number of nitrogens with one attached hydrogen (secondary N) is 1. The van der Waals surface area contributed by atoms with Crippen molar-refractivity contribution in [1.29, 1.82) is 5.26 Å². The van der Waals surface area contributed by atoms with E-state index in [-0.39, 0.29) is 12.5 Å². The van der Waals surface area contributed by atoms with Crippen LogP contribution in [0.25, 0.3) is 10.9 Å². The van der Waals surface area contributed by atoms with Gasteiger partial charge in [-0.05, 0) is 12.1 Å². The molecule has 0 aliphatic heterocycles. The van der Waals surface area contributed by atoms with Crippen LogP contribution in [0.2, 0.25) is 0 Å². The topological polar surface area (TPSA) is 65.8 Å². The molecule has 78 valence electrons. The summed E-state index contributed by atoms with van der Waals surface area (Å²) in [6.45, 7) is 0.00941. The third kappa shape index (κ3) is 1.84. The number of carbonyl (C=O) groups excluding carboxylic acids is 1. The van der Waals surface area contributed by atoms with Gasteiger partial charge in [-0.1, -0.05) is 18.2 Å². The molecule has 1 heterocycles. The molecule has 0 unspecified atom stereocenters. The second-order valence-corrected chi connectivity index (χ2v) is 3.22. The first-order chi connectivity index (χ1) is 7.83. The lowest BCUT2D eigenvalue weighted by Gasteiger charge is -2.04. The molecular formula is C12H9N3O. The minimum atomic E-state index is -0.250. The summed E-state index contributed by atoms with van der Waals surface area (Å²) < 4.78 is 0. The Morgan fingerprint density at radius 2 is 2.19 bits per heavy atom. The van der Waals surface area contributed by atoms with E-state index < -0.39 is 0 Å². The molecule has 0 fully saturated rings. The van der Waals surface area contributed by atoms with E-state index in [0.717, 1.165) is 10.9 Å². The van der Waals surface area contributed by atoms with Crippen LogP contribution in [0, 0.1) is 11.3 Å². The van der Waals surface area contributed by atoms with Gasteiger partial charge in [0.2, 0.25) is 0 Å². The summed E-state index contributed by atoms with van der Waals surface area (Å²) in [5, 5.41) is 11.7. The third-order valence-electron chi connectivity index (χ3n) is 2.22. The number of hydrogen-bond donors (Lipinski definition) is 1. The molecule has 0 spiro atoms. The van der Waals surface area contributed by atoms with Gasteiger partial charge in [0.15, 0.2) is 0 Å².